The molecule has 0 aliphatic carbocycles. The molecule has 22 heavy (non-hydrogen) atoms. The minimum absolute atomic E-state index is 0.105. The Morgan fingerprint density at radius 3 is 1.91 bits per heavy atom. The van der Waals surface area contributed by atoms with Crippen molar-refractivity contribution in [1.29, 1.82) is 0 Å². The second-order valence-electron chi connectivity index (χ2n) is 7.02. The normalized spacial score (nSPS) is 20.5. The van der Waals surface area contributed by atoms with E-state index in [1.54, 1.807) is 0 Å². The molecule has 2 heteroatoms. The van der Waals surface area contributed by atoms with Gasteiger partial charge in [-0.25, -0.2) is 0 Å². The van der Waals surface area contributed by atoms with Crippen molar-refractivity contribution in [3.63, 3.8) is 0 Å². The van der Waals surface area contributed by atoms with Crippen molar-refractivity contribution in [3.8, 4) is 0 Å². The summed E-state index contributed by atoms with van der Waals surface area (Å²) in [7, 11) is 0. The summed E-state index contributed by atoms with van der Waals surface area (Å²) in [5.41, 5.74) is 5.48. The van der Waals surface area contributed by atoms with E-state index in [1.165, 1.54) is 22.5 Å². The molecule has 0 N–H and O–H groups in total. The lowest BCUT2D eigenvalue weighted by Gasteiger charge is -2.37. The molecule has 1 saturated heterocycles. The molecule has 1 atom stereocenters. The van der Waals surface area contributed by atoms with E-state index in [0.29, 0.717) is 6.17 Å². The van der Waals surface area contributed by atoms with E-state index in [2.05, 4.69) is 92.9 Å². The zero-order valence-corrected chi connectivity index (χ0v) is 14.3. The van der Waals surface area contributed by atoms with E-state index in [9.17, 15) is 0 Å². The Hall–Kier alpha value is -1.96. The fraction of sp³-hybridized carbons (Fsp3) is 0.400. The van der Waals surface area contributed by atoms with Crippen LogP contribution in [0.15, 0.2) is 48.5 Å². The zero-order valence-electron chi connectivity index (χ0n) is 14.3. The number of aryl methyl sites for hydroxylation is 2. The van der Waals surface area contributed by atoms with Crippen LogP contribution in [0.1, 0.15) is 31.9 Å². The molecule has 1 aliphatic rings. The molecule has 1 aliphatic heterocycles. The van der Waals surface area contributed by atoms with Gasteiger partial charge in [-0.15, -0.1) is 0 Å². The average molecular weight is 294 g/mol. The van der Waals surface area contributed by atoms with Crippen molar-refractivity contribution in [2.24, 2.45) is 0 Å². The molecule has 116 valence electrons. The van der Waals surface area contributed by atoms with Gasteiger partial charge in [0, 0.05) is 17.9 Å². The number of rotatable bonds is 2. The Bertz CT molecular complexity index is 675. The van der Waals surface area contributed by atoms with Gasteiger partial charge in [0.25, 0.3) is 0 Å². The number of hydrogen-bond donors (Lipinski definition) is 0. The van der Waals surface area contributed by atoms with Crippen LogP contribution in [-0.2, 0) is 0 Å². The molecule has 2 aromatic rings. The topological polar surface area (TPSA) is 6.48 Å². The fourth-order valence-electron chi connectivity index (χ4n) is 3.80. The molecule has 1 heterocycles. The van der Waals surface area contributed by atoms with E-state index < -0.39 is 0 Å². The lowest BCUT2D eigenvalue weighted by Crippen LogP contribution is -2.44. The quantitative estimate of drug-likeness (QED) is 0.788. The molecular formula is C20H26N2. The summed E-state index contributed by atoms with van der Waals surface area (Å²) in [6.45, 7) is 12.4. The summed E-state index contributed by atoms with van der Waals surface area (Å²) >= 11 is 0. The largest absolute Gasteiger partial charge is 0.349 e. The van der Waals surface area contributed by atoms with Gasteiger partial charge in [-0.2, -0.15) is 0 Å². The van der Waals surface area contributed by atoms with Crippen molar-refractivity contribution >= 4 is 11.4 Å². The summed E-state index contributed by atoms with van der Waals surface area (Å²) in [6, 6.07) is 17.4. The highest BCUT2D eigenvalue weighted by Crippen LogP contribution is 2.39. The van der Waals surface area contributed by atoms with Crippen molar-refractivity contribution in [1.82, 2.24) is 0 Å². The van der Waals surface area contributed by atoms with Crippen molar-refractivity contribution in [2.75, 3.05) is 16.3 Å². The third kappa shape index (κ3) is 2.37. The standard InChI is InChI=1S/C20H26N2/c1-15-10-6-8-12-18(15)21-14-20(4,5)22(17(21)3)19-13-9-7-11-16(19)2/h6-13,17H,14H2,1-5H3/t17-/m0/s1. The van der Waals surface area contributed by atoms with Crippen LogP contribution in [-0.4, -0.2) is 18.2 Å². The van der Waals surface area contributed by atoms with Crippen molar-refractivity contribution < 1.29 is 0 Å². The van der Waals surface area contributed by atoms with Gasteiger partial charge in [0.05, 0.1) is 11.7 Å². The summed E-state index contributed by atoms with van der Waals surface area (Å²) in [5, 5.41) is 0. The Morgan fingerprint density at radius 2 is 1.36 bits per heavy atom. The molecule has 0 radical (unpaired) electrons. The van der Waals surface area contributed by atoms with Crippen LogP contribution < -0.4 is 9.80 Å². The molecule has 0 bridgehead atoms. The Labute approximate surface area is 134 Å². The first-order chi connectivity index (χ1) is 10.4. The van der Waals surface area contributed by atoms with Crippen molar-refractivity contribution in [2.45, 2.75) is 46.3 Å². The van der Waals surface area contributed by atoms with E-state index in [4.69, 9.17) is 0 Å². The molecule has 2 aromatic carbocycles. The Morgan fingerprint density at radius 1 is 0.864 bits per heavy atom. The maximum absolute atomic E-state index is 2.56. The van der Waals surface area contributed by atoms with E-state index in [0.717, 1.165) is 6.54 Å². The van der Waals surface area contributed by atoms with Crippen LogP contribution in [0.2, 0.25) is 0 Å². The summed E-state index contributed by atoms with van der Waals surface area (Å²) in [4.78, 5) is 5.09. The van der Waals surface area contributed by atoms with Crippen molar-refractivity contribution in [3.05, 3.63) is 59.7 Å². The van der Waals surface area contributed by atoms with Gasteiger partial charge in [0.15, 0.2) is 0 Å². The third-order valence-electron chi connectivity index (χ3n) is 4.83. The SMILES string of the molecule is Cc1ccccc1N1CC(C)(C)N(c2ccccc2C)[C@H]1C. The number of benzene rings is 2. The maximum Gasteiger partial charge on any atom is 0.0993 e. The first kappa shape index (κ1) is 15.0. The van der Waals surface area contributed by atoms with Crippen LogP contribution in [0.3, 0.4) is 0 Å². The highest BCUT2D eigenvalue weighted by Gasteiger charge is 2.43. The molecule has 1 fully saturated rings. The highest BCUT2D eigenvalue weighted by atomic mass is 15.5. The summed E-state index contributed by atoms with van der Waals surface area (Å²) in [6.07, 6.45) is 0.345. The second-order valence-corrected chi connectivity index (χ2v) is 7.02. The van der Waals surface area contributed by atoms with Gasteiger partial charge < -0.3 is 9.80 Å². The number of anilines is 2. The summed E-state index contributed by atoms with van der Waals surface area (Å²) in [5.74, 6) is 0. The van der Waals surface area contributed by atoms with E-state index in [1.807, 2.05) is 0 Å². The molecule has 2 nitrogen and oxygen atoms in total. The van der Waals surface area contributed by atoms with Gasteiger partial charge in [0.1, 0.15) is 0 Å². The molecular weight excluding hydrogens is 268 g/mol. The van der Waals surface area contributed by atoms with Crippen LogP contribution in [0.5, 0.6) is 0 Å². The average Bonchev–Trinajstić information content (AvgIpc) is 2.70. The van der Waals surface area contributed by atoms with Crippen LogP contribution >= 0.6 is 0 Å². The first-order valence-electron chi connectivity index (χ1n) is 8.09. The molecule has 0 saturated carbocycles. The van der Waals surface area contributed by atoms with E-state index >= 15 is 0 Å². The number of para-hydroxylation sites is 2. The molecule has 0 spiro atoms. The molecule has 0 amide bonds. The Balaban J connectivity index is 2.03. The third-order valence-corrected chi connectivity index (χ3v) is 4.83. The highest BCUT2D eigenvalue weighted by molar-refractivity contribution is 5.64. The lowest BCUT2D eigenvalue weighted by atomic mass is 10.0. The van der Waals surface area contributed by atoms with Gasteiger partial charge in [-0.1, -0.05) is 36.4 Å². The Kier molecular flexibility index (Phi) is 3.64. The van der Waals surface area contributed by atoms with Crippen LogP contribution in [0.4, 0.5) is 11.4 Å². The predicted molar refractivity (Wildman–Crippen MR) is 95.7 cm³/mol. The molecule has 0 unspecified atom stereocenters. The van der Waals surface area contributed by atoms with Crippen LogP contribution in [0.25, 0.3) is 0 Å². The van der Waals surface area contributed by atoms with Gasteiger partial charge in [0.2, 0.25) is 0 Å². The predicted octanol–water partition coefficient (Wildman–Crippen LogP) is 4.75. The minimum Gasteiger partial charge on any atom is -0.349 e. The van der Waals surface area contributed by atoms with Crippen LogP contribution in [0, 0.1) is 13.8 Å². The fourth-order valence-corrected chi connectivity index (χ4v) is 3.80. The molecule has 0 aromatic heterocycles. The van der Waals surface area contributed by atoms with Gasteiger partial charge in [-0.3, -0.25) is 0 Å². The monoisotopic (exact) mass is 294 g/mol. The van der Waals surface area contributed by atoms with Gasteiger partial charge in [-0.05, 0) is 57.9 Å². The number of nitrogens with zero attached hydrogens (tertiary/aromatic N) is 2. The molecule has 3 rings (SSSR count). The number of hydrogen-bond acceptors (Lipinski definition) is 2. The lowest BCUT2D eigenvalue weighted by molar-refractivity contribution is 0.533. The minimum atomic E-state index is 0.105. The smallest absolute Gasteiger partial charge is 0.0993 e. The second kappa shape index (κ2) is 5.35. The van der Waals surface area contributed by atoms with Gasteiger partial charge >= 0.3 is 0 Å². The maximum atomic E-state index is 2.56. The summed E-state index contributed by atoms with van der Waals surface area (Å²) < 4.78 is 0. The first-order valence-corrected chi connectivity index (χ1v) is 8.09. The van der Waals surface area contributed by atoms with E-state index in [-0.39, 0.29) is 5.54 Å². The zero-order chi connectivity index (χ0) is 15.9.